The third-order valence-electron chi connectivity index (χ3n) is 17.0. The number of alkyl halides is 3. The van der Waals surface area contributed by atoms with Gasteiger partial charge in [-0.1, -0.05) is 69.5 Å². The molecule has 4 aliphatic heterocycles. The summed E-state index contributed by atoms with van der Waals surface area (Å²) in [4.78, 5) is 85.3. The Labute approximate surface area is 464 Å². The molecule has 80 heavy (non-hydrogen) atoms. The lowest BCUT2D eigenvalue weighted by atomic mass is 9.83. The van der Waals surface area contributed by atoms with Crippen molar-refractivity contribution < 1.29 is 50.7 Å². The van der Waals surface area contributed by atoms with E-state index in [0.29, 0.717) is 75.9 Å². The largest absolute Gasteiger partial charge is 0.403 e. The van der Waals surface area contributed by atoms with Crippen LogP contribution in [0.1, 0.15) is 141 Å². The Bertz CT molecular complexity index is 2850. The summed E-state index contributed by atoms with van der Waals surface area (Å²) >= 11 is 0. The number of aromatic nitrogens is 2. The number of ether oxygens (including phenoxy) is 1. The van der Waals surface area contributed by atoms with Crippen LogP contribution in [0.2, 0.25) is 0 Å². The lowest BCUT2D eigenvalue weighted by Gasteiger charge is -2.39. The maximum Gasteiger partial charge on any atom is 0.403 e. The molecule has 20 heteroatoms. The van der Waals surface area contributed by atoms with Gasteiger partial charge in [0.25, 0.3) is 17.4 Å². The van der Waals surface area contributed by atoms with E-state index in [1.807, 2.05) is 33.0 Å². The molecule has 3 aromatic carbocycles. The van der Waals surface area contributed by atoms with Gasteiger partial charge in [-0.3, -0.25) is 28.9 Å². The molecule has 2 N–H and O–H groups in total. The summed E-state index contributed by atoms with van der Waals surface area (Å²) in [6, 6.07) is 15.5. The molecule has 5 heterocycles. The van der Waals surface area contributed by atoms with Crippen LogP contribution in [0, 0.1) is 23.0 Å². The topological polar surface area (TPSA) is 169 Å². The molecule has 6 fully saturated rings. The summed E-state index contributed by atoms with van der Waals surface area (Å²) in [6.45, 7) is 9.98. The number of likely N-dealkylation sites (N-methyl/N-ethyl adjacent to an activating group) is 1. The minimum atomic E-state index is -4.62. The number of piperazine rings is 1. The zero-order valence-corrected chi connectivity index (χ0v) is 46.3. The van der Waals surface area contributed by atoms with Crippen LogP contribution in [0.3, 0.4) is 0 Å². The van der Waals surface area contributed by atoms with Gasteiger partial charge in [-0.25, -0.2) is 13.9 Å². The molecular formula is C60H77F5N8O7. The molecule has 0 bridgehead atoms. The number of hydrogen-bond acceptors (Lipinski definition) is 10. The van der Waals surface area contributed by atoms with Crippen molar-refractivity contribution in [1.82, 2.24) is 40.0 Å². The van der Waals surface area contributed by atoms with Gasteiger partial charge in [-0.2, -0.15) is 18.3 Å². The Morgan fingerprint density at radius 2 is 1.43 bits per heavy atom. The number of fused-ring (bicyclic) bond motifs is 1. The number of nitrogens with zero attached hydrogens (tertiary/aromatic N) is 6. The van der Waals surface area contributed by atoms with Crippen molar-refractivity contribution in [3.63, 3.8) is 0 Å². The van der Waals surface area contributed by atoms with E-state index >= 15 is 4.39 Å². The third-order valence-corrected chi connectivity index (χ3v) is 17.0. The molecule has 4 aromatic rings. The van der Waals surface area contributed by atoms with Crippen molar-refractivity contribution in [2.75, 3.05) is 79.0 Å². The summed E-state index contributed by atoms with van der Waals surface area (Å²) in [5.74, 6) is -3.98. The smallest absolute Gasteiger partial charge is 0.375 e. The number of amides is 4. The number of H-pyrrole nitrogens is 1. The SMILES string of the molecule is CC.CN1CCN(C(=O)c2cc(Cc3n[nH]c(=O)c4ccccc34)ccc2F)CC1.O=CCN1CCC(OC2CCN(C(=O)C(NC(=O)c3cccc(C4CCCN(C(=O)C5(C(F)(F)F)CC5)C4)c3F)C3CCCCC3)CC2)CC1. The molecule has 0 radical (unpaired) electrons. The molecule has 4 amide bonds. The highest BCUT2D eigenvalue weighted by atomic mass is 19.4. The summed E-state index contributed by atoms with van der Waals surface area (Å²) < 4.78 is 77.9. The first-order chi connectivity index (χ1) is 38.5. The van der Waals surface area contributed by atoms with Crippen molar-refractivity contribution in [2.45, 2.75) is 134 Å². The normalized spacial score (nSPS) is 20.9. The highest BCUT2D eigenvalue weighted by molar-refractivity contribution is 5.98. The molecule has 2 atom stereocenters. The fourth-order valence-corrected chi connectivity index (χ4v) is 12.1. The van der Waals surface area contributed by atoms with Crippen molar-refractivity contribution in [3.8, 4) is 0 Å². The van der Waals surface area contributed by atoms with Gasteiger partial charge in [-0.15, -0.1) is 0 Å². The second kappa shape index (κ2) is 27.1. The Balaban J connectivity index is 0.000000236. The zero-order valence-electron chi connectivity index (χ0n) is 46.3. The van der Waals surface area contributed by atoms with Crippen LogP contribution < -0.4 is 10.9 Å². The van der Waals surface area contributed by atoms with Gasteiger partial charge >= 0.3 is 6.18 Å². The minimum Gasteiger partial charge on any atom is -0.375 e. The summed E-state index contributed by atoms with van der Waals surface area (Å²) in [5.41, 5.74) is -1.05. The second-order valence-corrected chi connectivity index (χ2v) is 22.2. The average molecular weight is 1120 g/mol. The fourth-order valence-electron chi connectivity index (χ4n) is 12.1. The number of rotatable bonds is 13. The molecule has 434 valence electrons. The molecular weight excluding hydrogens is 1040 g/mol. The molecule has 1 aromatic heterocycles. The van der Waals surface area contributed by atoms with E-state index in [9.17, 15) is 46.3 Å². The molecule has 2 aliphatic carbocycles. The van der Waals surface area contributed by atoms with Crippen LogP contribution in [-0.4, -0.2) is 168 Å². The second-order valence-electron chi connectivity index (χ2n) is 22.2. The number of aromatic amines is 1. The van der Waals surface area contributed by atoms with Crippen molar-refractivity contribution in [3.05, 3.63) is 111 Å². The number of carbonyl (C=O) groups is 5. The van der Waals surface area contributed by atoms with Gasteiger partial charge < -0.3 is 34.4 Å². The van der Waals surface area contributed by atoms with Crippen molar-refractivity contribution >= 4 is 40.7 Å². The van der Waals surface area contributed by atoms with Crippen LogP contribution in [0.5, 0.6) is 0 Å². The molecule has 6 aliphatic rings. The summed E-state index contributed by atoms with van der Waals surface area (Å²) in [7, 11) is 2.00. The molecule has 2 unspecified atom stereocenters. The van der Waals surface area contributed by atoms with Gasteiger partial charge in [0, 0.05) is 83.2 Å². The summed E-state index contributed by atoms with van der Waals surface area (Å²) in [6.07, 6.45) is 4.97. The molecule has 4 saturated heterocycles. The van der Waals surface area contributed by atoms with Crippen LogP contribution in [0.25, 0.3) is 10.8 Å². The monoisotopic (exact) mass is 1120 g/mol. The van der Waals surface area contributed by atoms with Crippen LogP contribution in [0.4, 0.5) is 22.0 Å². The molecule has 10 rings (SSSR count). The number of benzene rings is 3. The van der Waals surface area contributed by atoms with E-state index in [4.69, 9.17) is 4.74 Å². The molecule has 15 nitrogen and oxygen atoms in total. The van der Waals surface area contributed by atoms with Crippen LogP contribution in [-0.2, 0) is 25.5 Å². The van der Waals surface area contributed by atoms with Gasteiger partial charge in [0.1, 0.15) is 29.4 Å². The van der Waals surface area contributed by atoms with Crippen LogP contribution in [0.15, 0.2) is 65.5 Å². The lowest BCUT2D eigenvalue weighted by Crippen LogP contribution is -2.55. The number of aldehydes is 1. The Morgan fingerprint density at radius 1 is 0.762 bits per heavy atom. The number of nitrogens with one attached hydrogen (secondary N) is 2. The maximum atomic E-state index is 16.1. The van der Waals surface area contributed by atoms with Gasteiger partial charge in [0.05, 0.1) is 41.0 Å². The zero-order chi connectivity index (χ0) is 57.1. The van der Waals surface area contributed by atoms with Crippen molar-refractivity contribution in [2.24, 2.45) is 11.3 Å². The van der Waals surface area contributed by atoms with E-state index in [2.05, 4.69) is 25.3 Å². The van der Waals surface area contributed by atoms with Gasteiger partial charge in [-0.05, 0) is 113 Å². The number of piperidine rings is 3. The Hall–Kier alpha value is -6.12. The molecule has 0 spiro atoms. The van der Waals surface area contributed by atoms with E-state index < -0.39 is 47.0 Å². The van der Waals surface area contributed by atoms with Crippen molar-refractivity contribution in [1.29, 1.82) is 0 Å². The average Bonchev–Trinajstić information content (AvgIpc) is 4.45. The van der Waals surface area contributed by atoms with E-state index in [1.165, 1.54) is 23.1 Å². The highest BCUT2D eigenvalue weighted by Gasteiger charge is 2.69. The quantitative estimate of drug-likeness (QED) is 0.0982. The predicted octanol–water partition coefficient (Wildman–Crippen LogP) is 8.29. The highest BCUT2D eigenvalue weighted by Crippen LogP contribution is 2.59. The maximum absolute atomic E-state index is 16.1. The number of carbonyl (C=O) groups excluding carboxylic acids is 5. The van der Waals surface area contributed by atoms with E-state index in [0.717, 1.165) is 88.4 Å². The van der Waals surface area contributed by atoms with Gasteiger partial charge in [0.15, 0.2) is 0 Å². The van der Waals surface area contributed by atoms with Gasteiger partial charge in [0.2, 0.25) is 11.8 Å². The number of hydrogen-bond donors (Lipinski definition) is 2. The minimum absolute atomic E-state index is 0.0375. The van der Waals surface area contributed by atoms with E-state index in [-0.39, 0.29) is 78.1 Å². The Morgan fingerprint density at radius 3 is 2.08 bits per heavy atom. The number of likely N-dealkylation sites (tertiary alicyclic amines) is 3. The number of halogens is 5. The molecule has 2 saturated carbocycles. The standard InChI is InChI=1S/C37H50F4N4O5.C21H21FN4O2.C2H6/c38-31-29(26-8-5-17-45(24-26)35(49)36(15-16-36)37(39,40)41)9-4-10-30(31)33(47)42-32(25-6-2-1-3-7-25)34(48)44-20-13-28(14-21-44)50-27-11-18-43(19-12-27)22-23-46;1-25-8-10-26(11-9-25)21(28)17-12-14(6-7-18(17)22)13-19-15-4-2-3-5-16(15)20(27)24-23-19;1-2/h4,9-10,23,25-28,32H,1-3,5-8,11-22,24H2,(H,42,47);2-7,12H,8-11,13H2,1H3,(H,24,27);1-2H3. The first-order valence-electron chi connectivity index (χ1n) is 28.8. The first-order valence-corrected chi connectivity index (χ1v) is 28.8. The Kier molecular flexibility index (Phi) is 20.3. The van der Waals surface area contributed by atoms with E-state index in [1.54, 1.807) is 40.1 Å². The lowest BCUT2D eigenvalue weighted by molar-refractivity contribution is -0.199. The first kappa shape index (κ1) is 60.0. The third kappa shape index (κ3) is 14.1. The van der Waals surface area contributed by atoms with Crippen LogP contribution >= 0.6 is 0 Å². The fraction of sp³-hybridized carbons (Fsp3) is 0.583. The summed E-state index contributed by atoms with van der Waals surface area (Å²) in [5, 5.41) is 10.9. The predicted molar refractivity (Wildman–Crippen MR) is 293 cm³/mol.